The second-order valence-electron chi connectivity index (χ2n) is 5.11. The number of aliphatic hydroxyl groups excluding tert-OH is 7. The van der Waals surface area contributed by atoms with Crippen LogP contribution in [0, 0.1) is 0 Å². The first-order valence-electron chi connectivity index (χ1n) is 9.20. The van der Waals surface area contributed by atoms with Crippen LogP contribution in [0.5, 0.6) is 0 Å². The SMILES string of the molecule is C.C.C.C.C.C.C.C.C.C.C.C.C.C.C.C.C.C.C.C.C.C.C.C.C.C.C.C.CCC(O)CCO.CCO.OCCC1CO1.OCCC1CO1.OCO.OCO.[Y].[Y].[Y].[Y]. The smallest absolute Gasteiger partial charge is 0.140 e. The molecule has 0 aromatic carbocycles. The molecule has 2 saturated heterocycles. The third-order valence-corrected chi connectivity index (χ3v) is 2.64. The molecular formula is C45H154O11Y4. The first-order valence-corrected chi connectivity index (χ1v) is 9.20. The Morgan fingerprint density at radius 3 is 0.533 bits per heavy atom. The fraction of sp³-hybridized carbons (Fsp3) is 1.00. The predicted molar refractivity (Wildman–Crippen MR) is 291 cm³/mol. The molecule has 4 radical (unpaired) electrons. The zero-order valence-corrected chi connectivity index (χ0v) is 30.7. The van der Waals surface area contributed by atoms with Crippen molar-refractivity contribution in [1.29, 1.82) is 0 Å². The number of rotatable bonds is 7. The van der Waals surface area contributed by atoms with Gasteiger partial charge in [0.15, 0.2) is 0 Å². The van der Waals surface area contributed by atoms with Crippen LogP contribution >= 0.6 is 0 Å². The fourth-order valence-corrected chi connectivity index (χ4v) is 1.11. The summed E-state index contributed by atoms with van der Waals surface area (Å²) in [4.78, 5) is 0. The summed E-state index contributed by atoms with van der Waals surface area (Å²) in [5.41, 5.74) is 0. The third-order valence-electron chi connectivity index (χ3n) is 2.64. The van der Waals surface area contributed by atoms with Crippen LogP contribution < -0.4 is 0 Å². The van der Waals surface area contributed by atoms with Crippen LogP contribution in [-0.2, 0) is 140 Å². The Labute approximate surface area is 499 Å². The van der Waals surface area contributed by atoms with E-state index in [0.717, 1.165) is 32.5 Å². The summed E-state index contributed by atoms with van der Waals surface area (Å²) in [7, 11) is 0. The number of epoxide rings is 2. The molecule has 0 spiro atoms. The van der Waals surface area contributed by atoms with Crippen LogP contribution in [0.25, 0.3) is 0 Å². The molecular weight excluding hydrogens is 1070 g/mol. The molecule has 2 rings (SSSR count). The minimum Gasteiger partial charge on any atom is -0.397 e. The number of hydrogen-bond donors (Lipinski definition) is 9. The van der Waals surface area contributed by atoms with E-state index >= 15 is 0 Å². The first-order chi connectivity index (χ1) is 13.4. The maximum atomic E-state index is 8.70. The second-order valence-corrected chi connectivity index (χ2v) is 5.11. The van der Waals surface area contributed by atoms with Gasteiger partial charge in [-0.05, 0) is 32.6 Å². The summed E-state index contributed by atoms with van der Waals surface area (Å²) in [6, 6.07) is 0. The van der Waals surface area contributed by atoms with Crippen molar-refractivity contribution in [3.63, 3.8) is 0 Å². The average Bonchev–Trinajstić information content (AvgIpc) is 3.56. The van der Waals surface area contributed by atoms with Gasteiger partial charge in [-0.15, -0.1) is 0 Å². The van der Waals surface area contributed by atoms with E-state index in [0.29, 0.717) is 18.6 Å². The minimum absolute atomic E-state index is 0. The van der Waals surface area contributed by atoms with Gasteiger partial charge in [-0.25, -0.2) is 0 Å². The molecule has 2 aliphatic rings. The molecule has 11 nitrogen and oxygen atoms in total. The van der Waals surface area contributed by atoms with E-state index in [4.69, 9.17) is 55.4 Å². The van der Waals surface area contributed by atoms with Gasteiger partial charge in [-0.3, -0.25) is 0 Å². The molecule has 15 heteroatoms. The van der Waals surface area contributed by atoms with Crippen molar-refractivity contribution in [3.05, 3.63) is 0 Å². The molecule has 2 heterocycles. The molecule has 0 aromatic heterocycles. The van der Waals surface area contributed by atoms with Crippen LogP contribution in [0.2, 0.25) is 0 Å². The minimum atomic E-state index is -0.750. The predicted octanol–water partition coefficient (Wildman–Crippen LogP) is 15.3. The average molecular weight is 1230 g/mol. The molecule has 0 aliphatic carbocycles. The molecule has 2 fully saturated rings. The summed E-state index contributed by atoms with van der Waals surface area (Å²) in [6.07, 6.45) is 3.38. The molecule has 60 heavy (non-hydrogen) atoms. The Morgan fingerprint density at radius 2 is 0.500 bits per heavy atom. The standard InChI is InChI=1S/C5H12O2.2C4H8O2.C2H6O.2CH4O2.28CH4.4Y/c1-2-5(7)3-4-6;2*5-2-1-4-3-6-4;1-2-3;2*2-1-3;;;;;;;;;;;;;;;;;;;;;;;;;;;;;;;;/h5-7H,2-4H2,1H3;2*4-5H,1-3H2;3H,2H2,1H3;2*2-3H,1H2;28*1H4;;;;. The van der Waals surface area contributed by atoms with Gasteiger partial charge in [0, 0.05) is 157 Å². The van der Waals surface area contributed by atoms with Crippen molar-refractivity contribution >= 4 is 0 Å². The Hall–Kier alpha value is 3.98. The quantitative estimate of drug-likeness (QED) is 0.0866. The third kappa shape index (κ3) is 524. The van der Waals surface area contributed by atoms with Crippen LogP contribution in [0.15, 0.2) is 0 Å². The number of aliphatic hydroxyl groups is 9. The zero-order chi connectivity index (χ0) is 22.6. The van der Waals surface area contributed by atoms with Crippen molar-refractivity contribution in [2.75, 3.05) is 53.2 Å². The van der Waals surface area contributed by atoms with Crippen molar-refractivity contribution in [3.8, 4) is 0 Å². The van der Waals surface area contributed by atoms with Gasteiger partial charge >= 0.3 is 0 Å². The van der Waals surface area contributed by atoms with Crippen molar-refractivity contribution in [2.45, 2.75) is 266 Å². The second kappa shape index (κ2) is 332. The monoisotopic (exact) mass is 1230 g/mol. The van der Waals surface area contributed by atoms with Gasteiger partial charge in [0.05, 0.1) is 31.5 Å². The largest absolute Gasteiger partial charge is 0.397 e. The van der Waals surface area contributed by atoms with E-state index in [1.165, 1.54) is 0 Å². The molecule has 3 atom stereocenters. The first kappa shape index (κ1) is 324. The normalized spacial score (nSPS) is 8.65. The summed E-state index contributed by atoms with van der Waals surface area (Å²) >= 11 is 0. The summed E-state index contributed by atoms with van der Waals surface area (Å²) < 4.78 is 9.58. The number of ether oxygens (including phenoxy) is 2. The van der Waals surface area contributed by atoms with Gasteiger partial charge in [0.2, 0.25) is 0 Å². The van der Waals surface area contributed by atoms with Crippen LogP contribution in [-0.4, -0.2) is 117 Å². The maximum Gasteiger partial charge on any atom is 0.140 e. The Balaban J connectivity index is -0.00000000311. The molecule has 412 valence electrons. The van der Waals surface area contributed by atoms with E-state index in [1.807, 2.05) is 6.92 Å². The van der Waals surface area contributed by atoms with E-state index in [-0.39, 0.29) is 371 Å². The van der Waals surface area contributed by atoms with E-state index < -0.39 is 13.6 Å². The zero-order valence-electron chi connectivity index (χ0n) is 19.4. The van der Waals surface area contributed by atoms with Crippen molar-refractivity contribution < 1.29 is 186 Å². The Kier molecular flexibility index (Phi) is 1800. The molecule has 3 unspecified atom stereocenters. The summed E-state index contributed by atoms with van der Waals surface area (Å²) in [6.45, 7) is 4.67. The molecule has 9 N–H and O–H groups in total. The Bertz CT molecular complexity index is 243. The molecule has 0 aromatic rings. The summed E-state index contributed by atoms with van der Waals surface area (Å²) in [5.74, 6) is 0. The van der Waals surface area contributed by atoms with Gasteiger partial charge in [0.25, 0.3) is 0 Å². The Morgan fingerprint density at radius 1 is 0.367 bits per heavy atom. The van der Waals surface area contributed by atoms with Crippen molar-refractivity contribution in [1.82, 2.24) is 0 Å². The molecule has 0 amide bonds. The number of hydrogen-bond acceptors (Lipinski definition) is 11. The van der Waals surface area contributed by atoms with Gasteiger partial charge in [-0.1, -0.05) is 215 Å². The van der Waals surface area contributed by atoms with E-state index in [1.54, 1.807) is 6.92 Å². The van der Waals surface area contributed by atoms with Gasteiger partial charge in [0.1, 0.15) is 13.6 Å². The molecule has 0 bridgehead atoms. The van der Waals surface area contributed by atoms with E-state index in [9.17, 15) is 0 Å². The van der Waals surface area contributed by atoms with Crippen LogP contribution in [0.1, 0.15) is 247 Å². The van der Waals surface area contributed by atoms with Crippen LogP contribution in [0.4, 0.5) is 0 Å². The maximum absolute atomic E-state index is 8.70. The van der Waals surface area contributed by atoms with Crippen molar-refractivity contribution in [2.24, 2.45) is 0 Å². The topological polar surface area (TPSA) is 207 Å². The van der Waals surface area contributed by atoms with Gasteiger partial charge < -0.3 is 55.4 Å². The van der Waals surface area contributed by atoms with E-state index in [2.05, 4.69) is 0 Å². The van der Waals surface area contributed by atoms with Crippen LogP contribution in [0.3, 0.4) is 0 Å². The van der Waals surface area contributed by atoms with Gasteiger partial charge in [-0.2, -0.15) is 0 Å². The molecule has 2 aliphatic heterocycles. The molecule has 0 saturated carbocycles. The summed E-state index contributed by atoms with van der Waals surface area (Å²) in [5, 5.41) is 69.4. The fourth-order valence-electron chi connectivity index (χ4n) is 1.11.